The number of carbonyl (C=O) groups is 2. The summed E-state index contributed by atoms with van der Waals surface area (Å²) < 4.78 is 5.72. The van der Waals surface area contributed by atoms with Crippen molar-refractivity contribution in [2.45, 2.75) is 44.4 Å². The molecule has 1 unspecified atom stereocenters. The third-order valence-corrected chi connectivity index (χ3v) is 4.89. The van der Waals surface area contributed by atoms with Gasteiger partial charge in [0.2, 0.25) is 5.91 Å². The molecule has 6 nitrogen and oxygen atoms in total. The highest BCUT2D eigenvalue weighted by molar-refractivity contribution is 6.01. The number of hydrogen-bond donors (Lipinski definition) is 1. The lowest BCUT2D eigenvalue weighted by molar-refractivity contribution is -0.147. The molecule has 2 aliphatic heterocycles. The minimum absolute atomic E-state index is 0.00947. The van der Waals surface area contributed by atoms with E-state index in [2.05, 4.69) is 0 Å². The van der Waals surface area contributed by atoms with Crippen LogP contribution in [0, 0.1) is 0 Å². The number of benzene rings is 1. The van der Waals surface area contributed by atoms with Gasteiger partial charge in [0.1, 0.15) is 12.1 Å². The molecule has 0 aliphatic carbocycles. The van der Waals surface area contributed by atoms with Crippen LogP contribution in [0.5, 0.6) is 0 Å². The van der Waals surface area contributed by atoms with Gasteiger partial charge in [-0.15, -0.1) is 0 Å². The van der Waals surface area contributed by atoms with Gasteiger partial charge in [-0.3, -0.25) is 9.59 Å². The number of nitrogens with zero attached hydrogens (tertiary/aromatic N) is 2. The van der Waals surface area contributed by atoms with Crippen molar-refractivity contribution in [3.8, 4) is 0 Å². The fourth-order valence-corrected chi connectivity index (χ4v) is 3.59. The number of hydrogen-bond acceptors (Lipinski definition) is 4. The summed E-state index contributed by atoms with van der Waals surface area (Å²) in [6.45, 7) is 3.48. The van der Waals surface area contributed by atoms with E-state index in [1.54, 1.807) is 9.80 Å². The van der Waals surface area contributed by atoms with Gasteiger partial charge in [0, 0.05) is 25.3 Å². The normalized spacial score (nSPS) is 26.8. The average molecular weight is 331 g/mol. The number of anilines is 1. The zero-order valence-corrected chi connectivity index (χ0v) is 14.1. The van der Waals surface area contributed by atoms with E-state index in [1.807, 2.05) is 37.3 Å². The molecule has 3 rings (SSSR count). The number of nitrogens with two attached hydrogens (primary N) is 1. The average Bonchev–Trinajstić information content (AvgIpc) is 3.24. The van der Waals surface area contributed by atoms with Crippen LogP contribution >= 0.6 is 0 Å². The molecule has 0 radical (unpaired) electrons. The maximum absolute atomic E-state index is 12.8. The Morgan fingerprint density at radius 2 is 2.04 bits per heavy atom. The summed E-state index contributed by atoms with van der Waals surface area (Å²) in [5, 5.41) is 0. The molecule has 2 N–H and O–H groups in total. The lowest BCUT2D eigenvalue weighted by Gasteiger charge is -2.29. The topological polar surface area (TPSA) is 75.9 Å². The monoisotopic (exact) mass is 331 g/mol. The molecule has 2 fully saturated rings. The van der Waals surface area contributed by atoms with E-state index in [0.717, 1.165) is 12.1 Å². The van der Waals surface area contributed by atoms with Crippen LogP contribution in [0.1, 0.15) is 26.2 Å². The van der Waals surface area contributed by atoms with Crippen molar-refractivity contribution in [2.24, 2.45) is 5.73 Å². The Bertz CT molecular complexity index is 592. The van der Waals surface area contributed by atoms with E-state index in [-0.39, 0.29) is 17.9 Å². The second kappa shape index (κ2) is 7.32. The van der Waals surface area contributed by atoms with E-state index in [0.29, 0.717) is 32.5 Å². The van der Waals surface area contributed by atoms with Gasteiger partial charge in [0.25, 0.3) is 5.91 Å². The number of ether oxygens (including phenoxy) is 1. The summed E-state index contributed by atoms with van der Waals surface area (Å²) in [5.74, 6) is -0.0912. The van der Waals surface area contributed by atoms with Crippen LogP contribution in [0.25, 0.3) is 0 Å². The van der Waals surface area contributed by atoms with Crippen LogP contribution in [0.2, 0.25) is 0 Å². The largest absolute Gasteiger partial charge is 0.364 e. The van der Waals surface area contributed by atoms with Crippen LogP contribution in [-0.4, -0.2) is 54.6 Å². The van der Waals surface area contributed by atoms with Crippen LogP contribution in [0.3, 0.4) is 0 Å². The number of para-hydroxylation sites is 1. The minimum Gasteiger partial charge on any atom is -0.364 e. The van der Waals surface area contributed by atoms with Gasteiger partial charge in [0.05, 0.1) is 6.10 Å². The first-order chi connectivity index (χ1) is 11.7. The molecule has 2 aliphatic rings. The van der Waals surface area contributed by atoms with E-state index in [1.165, 1.54) is 0 Å². The molecule has 2 heterocycles. The third-order valence-electron chi connectivity index (χ3n) is 4.89. The molecule has 6 heteroatoms. The first kappa shape index (κ1) is 16.9. The molecule has 3 atom stereocenters. The maximum Gasteiger partial charge on any atom is 0.252 e. The first-order valence-electron chi connectivity index (χ1n) is 8.68. The van der Waals surface area contributed by atoms with E-state index >= 15 is 0 Å². The first-order valence-corrected chi connectivity index (χ1v) is 8.68. The van der Waals surface area contributed by atoms with Crippen molar-refractivity contribution < 1.29 is 14.3 Å². The molecule has 0 aromatic heterocycles. The van der Waals surface area contributed by atoms with E-state index < -0.39 is 12.1 Å². The highest BCUT2D eigenvalue weighted by Crippen LogP contribution is 2.27. The number of rotatable bonds is 5. The van der Waals surface area contributed by atoms with Crippen molar-refractivity contribution in [1.29, 1.82) is 0 Å². The smallest absolute Gasteiger partial charge is 0.252 e. The Hall–Kier alpha value is -1.92. The Balaban J connectivity index is 1.70. The molecule has 0 spiro atoms. The molecule has 1 aromatic carbocycles. The number of amides is 2. The van der Waals surface area contributed by atoms with Gasteiger partial charge in [-0.05, 0) is 38.3 Å². The van der Waals surface area contributed by atoms with Crippen molar-refractivity contribution in [1.82, 2.24) is 4.90 Å². The predicted molar refractivity (Wildman–Crippen MR) is 91.5 cm³/mol. The lowest BCUT2D eigenvalue weighted by atomic mass is 10.1. The fraction of sp³-hybridized carbons (Fsp3) is 0.556. The van der Waals surface area contributed by atoms with Crippen LogP contribution in [0.4, 0.5) is 5.69 Å². The summed E-state index contributed by atoms with van der Waals surface area (Å²) in [5.41, 5.74) is 6.50. The van der Waals surface area contributed by atoms with Gasteiger partial charge in [-0.1, -0.05) is 18.2 Å². The van der Waals surface area contributed by atoms with Gasteiger partial charge < -0.3 is 20.3 Å². The number of carbonyl (C=O) groups excluding carboxylic acids is 2. The Labute approximate surface area is 142 Å². The third kappa shape index (κ3) is 3.16. The maximum atomic E-state index is 12.8. The molecule has 1 aromatic rings. The van der Waals surface area contributed by atoms with E-state index in [4.69, 9.17) is 10.5 Å². The number of likely N-dealkylation sites (N-methyl/N-ethyl adjacent to an activating group) is 1. The highest BCUT2D eigenvalue weighted by atomic mass is 16.5. The quantitative estimate of drug-likeness (QED) is 0.878. The molecule has 0 bridgehead atoms. The molecule has 0 saturated carbocycles. The van der Waals surface area contributed by atoms with Crippen LogP contribution in [0.15, 0.2) is 30.3 Å². The predicted octanol–water partition coefficient (Wildman–Crippen LogP) is 1.15. The summed E-state index contributed by atoms with van der Waals surface area (Å²) in [4.78, 5) is 29.1. The van der Waals surface area contributed by atoms with Crippen molar-refractivity contribution in [3.63, 3.8) is 0 Å². The SMILES string of the molecule is CCN(C(=O)[C@@H]1CC[C@H](CN)O1)C1CCN(c2ccccc2)C1=O. The summed E-state index contributed by atoms with van der Waals surface area (Å²) in [6, 6.07) is 9.20. The second-order valence-corrected chi connectivity index (χ2v) is 6.31. The summed E-state index contributed by atoms with van der Waals surface area (Å²) in [6.07, 6.45) is 1.63. The standard InChI is InChI=1S/C18H25N3O3/c1-2-20(18(23)16-9-8-14(12-19)24-16)15-10-11-21(17(15)22)13-6-4-3-5-7-13/h3-7,14-16H,2,8-12,19H2,1H3/t14-,15?,16+/m1/s1. The summed E-state index contributed by atoms with van der Waals surface area (Å²) >= 11 is 0. The van der Waals surface area contributed by atoms with Gasteiger partial charge in [-0.25, -0.2) is 0 Å². The van der Waals surface area contributed by atoms with E-state index in [9.17, 15) is 9.59 Å². The fourth-order valence-electron chi connectivity index (χ4n) is 3.59. The van der Waals surface area contributed by atoms with Gasteiger partial charge in [-0.2, -0.15) is 0 Å². The van der Waals surface area contributed by atoms with Crippen molar-refractivity contribution >= 4 is 17.5 Å². The molecular formula is C18H25N3O3. The molecule has 130 valence electrons. The molecular weight excluding hydrogens is 306 g/mol. The zero-order valence-electron chi connectivity index (χ0n) is 14.1. The van der Waals surface area contributed by atoms with Crippen LogP contribution in [-0.2, 0) is 14.3 Å². The van der Waals surface area contributed by atoms with Gasteiger partial charge >= 0.3 is 0 Å². The minimum atomic E-state index is -0.461. The van der Waals surface area contributed by atoms with Crippen LogP contribution < -0.4 is 10.6 Å². The van der Waals surface area contributed by atoms with Crippen molar-refractivity contribution in [2.75, 3.05) is 24.5 Å². The molecule has 2 saturated heterocycles. The van der Waals surface area contributed by atoms with Gasteiger partial charge in [0.15, 0.2) is 0 Å². The molecule has 2 amide bonds. The lowest BCUT2D eigenvalue weighted by Crippen LogP contribution is -2.49. The summed E-state index contributed by atoms with van der Waals surface area (Å²) in [7, 11) is 0. The Morgan fingerprint density at radius 1 is 1.29 bits per heavy atom. The highest BCUT2D eigenvalue weighted by Gasteiger charge is 2.41. The Kier molecular flexibility index (Phi) is 5.16. The second-order valence-electron chi connectivity index (χ2n) is 6.31. The Morgan fingerprint density at radius 3 is 2.67 bits per heavy atom. The zero-order chi connectivity index (χ0) is 17.1. The molecule has 24 heavy (non-hydrogen) atoms. The van der Waals surface area contributed by atoms with Crippen molar-refractivity contribution in [3.05, 3.63) is 30.3 Å².